The zero-order valence-corrected chi connectivity index (χ0v) is 20.4. The highest BCUT2D eigenvalue weighted by atomic mass is 16.4. The number of aliphatic carboxylic acids is 1. The van der Waals surface area contributed by atoms with Crippen LogP contribution in [0.2, 0.25) is 0 Å². The molecule has 0 aliphatic carbocycles. The summed E-state index contributed by atoms with van der Waals surface area (Å²) in [7, 11) is 0. The molecule has 10 heteroatoms. The molecule has 1 atom stereocenters. The quantitative estimate of drug-likeness (QED) is 0.254. The minimum atomic E-state index is -1.23. The lowest BCUT2D eigenvalue weighted by atomic mass is 10.1. The molecule has 2 heterocycles. The number of aromatic nitrogens is 3. The third kappa shape index (κ3) is 5.92. The molecular formula is C27H27N5O5. The van der Waals surface area contributed by atoms with Gasteiger partial charge in [0.25, 0.3) is 11.8 Å². The summed E-state index contributed by atoms with van der Waals surface area (Å²) in [5.41, 5.74) is 2.68. The van der Waals surface area contributed by atoms with E-state index in [2.05, 4.69) is 25.8 Å². The standard InChI is InChI=1S/C27H27N5O5/c1-3-19(4-2)29-24(33)21-14-20(31-32-21)17-11-8-12-18(13-17)26-28-15-22(37-26)25(34)30-23(27(35)36)16-9-6-5-7-10-16/h5-15,19,23H,3-4H2,1-2H3,(H,29,33)(H,30,34)(H,31,32)(H,35,36). The van der Waals surface area contributed by atoms with Crippen LogP contribution in [0.3, 0.4) is 0 Å². The first-order valence-electron chi connectivity index (χ1n) is 11.9. The molecule has 0 fully saturated rings. The van der Waals surface area contributed by atoms with E-state index in [0.29, 0.717) is 16.8 Å². The summed E-state index contributed by atoms with van der Waals surface area (Å²) in [5.74, 6) is -2.08. The highest BCUT2D eigenvalue weighted by molar-refractivity contribution is 5.95. The minimum absolute atomic E-state index is 0.0888. The predicted octanol–water partition coefficient (Wildman–Crippen LogP) is 4.21. The van der Waals surface area contributed by atoms with E-state index in [-0.39, 0.29) is 29.3 Å². The summed E-state index contributed by atoms with van der Waals surface area (Å²) in [6.07, 6.45) is 2.92. The molecule has 0 spiro atoms. The van der Waals surface area contributed by atoms with Crippen LogP contribution in [0.4, 0.5) is 0 Å². The zero-order valence-electron chi connectivity index (χ0n) is 20.4. The lowest BCUT2D eigenvalue weighted by Gasteiger charge is -2.13. The number of amides is 2. The molecule has 0 bridgehead atoms. The molecule has 1 unspecified atom stereocenters. The third-order valence-electron chi connectivity index (χ3n) is 5.94. The number of carbonyl (C=O) groups is 3. The van der Waals surface area contributed by atoms with Crippen LogP contribution in [-0.4, -0.2) is 44.1 Å². The Bertz CT molecular complexity index is 1390. The van der Waals surface area contributed by atoms with Crippen molar-refractivity contribution in [3.8, 4) is 22.7 Å². The fraction of sp³-hybridized carbons (Fsp3) is 0.222. The maximum Gasteiger partial charge on any atom is 0.330 e. The number of nitrogens with one attached hydrogen (secondary N) is 3. The number of carbonyl (C=O) groups excluding carboxylic acids is 2. The molecule has 2 aromatic carbocycles. The van der Waals surface area contributed by atoms with E-state index in [4.69, 9.17) is 4.42 Å². The monoisotopic (exact) mass is 501 g/mol. The fourth-order valence-electron chi connectivity index (χ4n) is 3.81. The van der Waals surface area contributed by atoms with E-state index in [1.807, 2.05) is 19.9 Å². The van der Waals surface area contributed by atoms with Gasteiger partial charge in [-0.05, 0) is 36.6 Å². The summed E-state index contributed by atoms with van der Waals surface area (Å²) in [5, 5.41) is 22.0. The molecule has 190 valence electrons. The summed E-state index contributed by atoms with van der Waals surface area (Å²) < 4.78 is 5.64. The lowest BCUT2D eigenvalue weighted by molar-refractivity contribution is -0.139. The Morgan fingerprint density at radius 2 is 1.68 bits per heavy atom. The Hall–Kier alpha value is -4.73. The molecular weight excluding hydrogens is 474 g/mol. The SMILES string of the molecule is CCC(CC)NC(=O)c1cc(-c2cccc(-c3ncc(C(=O)NC(C(=O)O)c4ccccc4)o3)c2)[nH]n1. The predicted molar refractivity (Wildman–Crippen MR) is 136 cm³/mol. The smallest absolute Gasteiger partial charge is 0.330 e. The van der Waals surface area contributed by atoms with E-state index < -0.39 is 17.9 Å². The van der Waals surface area contributed by atoms with Gasteiger partial charge in [0.1, 0.15) is 0 Å². The van der Waals surface area contributed by atoms with Gasteiger partial charge in [0.15, 0.2) is 11.7 Å². The van der Waals surface area contributed by atoms with Gasteiger partial charge in [0.05, 0.1) is 11.9 Å². The average Bonchev–Trinajstić information content (AvgIpc) is 3.61. The van der Waals surface area contributed by atoms with Crippen LogP contribution in [0.5, 0.6) is 0 Å². The van der Waals surface area contributed by atoms with E-state index in [9.17, 15) is 19.5 Å². The number of aromatic amines is 1. The second kappa shape index (κ2) is 11.3. The Balaban J connectivity index is 1.49. The summed E-state index contributed by atoms with van der Waals surface area (Å²) in [6.45, 7) is 4.03. The number of hydrogen-bond acceptors (Lipinski definition) is 6. The molecule has 0 aliphatic heterocycles. The number of rotatable bonds is 10. The normalized spacial score (nSPS) is 11.8. The Morgan fingerprint density at radius 3 is 2.38 bits per heavy atom. The summed E-state index contributed by atoms with van der Waals surface area (Å²) in [4.78, 5) is 41.1. The van der Waals surface area contributed by atoms with Gasteiger partial charge in [-0.2, -0.15) is 5.10 Å². The number of nitrogens with zero attached hydrogens (tertiary/aromatic N) is 2. The van der Waals surface area contributed by atoms with Crippen molar-refractivity contribution in [1.29, 1.82) is 0 Å². The van der Waals surface area contributed by atoms with Crippen LogP contribution >= 0.6 is 0 Å². The van der Waals surface area contributed by atoms with E-state index in [1.165, 1.54) is 6.20 Å². The van der Waals surface area contributed by atoms with Gasteiger partial charge in [0.2, 0.25) is 11.7 Å². The van der Waals surface area contributed by atoms with Crippen molar-refractivity contribution in [3.05, 3.63) is 83.9 Å². The Kier molecular flexibility index (Phi) is 7.77. The van der Waals surface area contributed by atoms with Crippen LogP contribution in [0.15, 0.2) is 71.3 Å². The zero-order chi connectivity index (χ0) is 26.4. The first kappa shape index (κ1) is 25.4. The fourth-order valence-corrected chi connectivity index (χ4v) is 3.81. The average molecular weight is 502 g/mol. The van der Waals surface area contributed by atoms with Crippen molar-refractivity contribution < 1.29 is 23.9 Å². The van der Waals surface area contributed by atoms with Crippen molar-refractivity contribution >= 4 is 17.8 Å². The van der Waals surface area contributed by atoms with Crippen LogP contribution in [0.1, 0.15) is 59.3 Å². The summed E-state index contributed by atoms with van der Waals surface area (Å²) >= 11 is 0. The molecule has 10 nitrogen and oxygen atoms in total. The second-order valence-electron chi connectivity index (χ2n) is 8.42. The second-order valence-corrected chi connectivity index (χ2v) is 8.42. The van der Waals surface area contributed by atoms with Gasteiger partial charge in [-0.3, -0.25) is 14.7 Å². The van der Waals surface area contributed by atoms with Crippen molar-refractivity contribution in [2.45, 2.75) is 38.8 Å². The van der Waals surface area contributed by atoms with Crippen molar-refractivity contribution in [2.75, 3.05) is 0 Å². The van der Waals surface area contributed by atoms with Gasteiger partial charge in [-0.25, -0.2) is 9.78 Å². The summed E-state index contributed by atoms with van der Waals surface area (Å²) in [6, 6.07) is 16.1. The van der Waals surface area contributed by atoms with Gasteiger partial charge < -0.3 is 20.2 Å². The number of hydrogen-bond donors (Lipinski definition) is 4. The first-order valence-corrected chi connectivity index (χ1v) is 11.9. The van der Waals surface area contributed by atoms with E-state index in [0.717, 1.165) is 18.4 Å². The molecule has 0 aliphatic rings. The van der Waals surface area contributed by atoms with Gasteiger partial charge >= 0.3 is 5.97 Å². The molecule has 0 saturated heterocycles. The van der Waals surface area contributed by atoms with Gasteiger partial charge in [-0.1, -0.05) is 56.3 Å². The number of H-pyrrole nitrogens is 1. The Morgan fingerprint density at radius 1 is 0.946 bits per heavy atom. The molecule has 2 amide bonds. The molecule has 0 radical (unpaired) electrons. The van der Waals surface area contributed by atoms with Gasteiger partial charge in [-0.15, -0.1) is 0 Å². The number of carboxylic acid groups (broad SMARTS) is 1. The number of oxazole rings is 1. The van der Waals surface area contributed by atoms with Crippen molar-refractivity contribution in [3.63, 3.8) is 0 Å². The van der Waals surface area contributed by atoms with Crippen molar-refractivity contribution in [2.24, 2.45) is 0 Å². The first-order chi connectivity index (χ1) is 17.9. The van der Waals surface area contributed by atoms with Crippen LogP contribution in [0.25, 0.3) is 22.7 Å². The highest BCUT2D eigenvalue weighted by Crippen LogP contribution is 2.26. The maximum absolute atomic E-state index is 12.7. The molecule has 37 heavy (non-hydrogen) atoms. The van der Waals surface area contributed by atoms with Crippen LogP contribution in [0, 0.1) is 0 Å². The maximum atomic E-state index is 12.7. The number of benzene rings is 2. The lowest BCUT2D eigenvalue weighted by Crippen LogP contribution is -2.33. The molecule has 2 aromatic heterocycles. The third-order valence-corrected chi connectivity index (χ3v) is 5.94. The van der Waals surface area contributed by atoms with Gasteiger partial charge in [0, 0.05) is 17.2 Å². The molecule has 4 N–H and O–H groups in total. The molecule has 4 rings (SSSR count). The largest absolute Gasteiger partial charge is 0.479 e. The topological polar surface area (TPSA) is 150 Å². The molecule has 0 saturated carbocycles. The van der Waals surface area contributed by atoms with E-state index >= 15 is 0 Å². The van der Waals surface area contributed by atoms with Crippen molar-refractivity contribution in [1.82, 2.24) is 25.8 Å². The highest BCUT2D eigenvalue weighted by Gasteiger charge is 2.24. The number of carboxylic acids is 1. The van der Waals surface area contributed by atoms with Crippen LogP contribution in [-0.2, 0) is 4.79 Å². The van der Waals surface area contributed by atoms with E-state index in [1.54, 1.807) is 54.6 Å². The molecule has 4 aromatic rings. The van der Waals surface area contributed by atoms with Crippen LogP contribution < -0.4 is 10.6 Å². The Labute approximate surface area is 213 Å². The minimum Gasteiger partial charge on any atom is -0.479 e.